The lowest BCUT2D eigenvalue weighted by molar-refractivity contribution is -0.137. The quantitative estimate of drug-likeness (QED) is 0.874. The molecule has 1 heterocycles. The van der Waals surface area contributed by atoms with Gasteiger partial charge in [0.15, 0.2) is 0 Å². The van der Waals surface area contributed by atoms with Gasteiger partial charge in [0.2, 0.25) is 0 Å². The van der Waals surface area contributed by atoms with Crippen molar-refractivity contribution in [1.82, 2.24) is 10.2 Å². The molecule has 0 radical (unpaired) electrons. The molecule has 2 atom stereocenters. The third-order valence-electron chi connectivity index (χ3n) is 3.80. The zero-order valence-electron chi connectivity index (χ0n) is 12.3. The van der Waals surface area contributed by atoms with Crippen LogP contribution >= 0.6 is 0 Å². The standard InChI is InChI=1S/C16H22N2O3/c1-12(10-13-6-3-2-4-7-13)17-16(21)18-9-5-8-14(18)11-15(19)20/h2-4,6-7,12,14H,5,8-11H2,1H3,(H,17,21)(H,19,20). The summed E-state index contributed by atoms with van der Waals surface area (Å²) < 4.78 is 0. The van der Waals surface area contributed by atoms with Crippen LogP contribution in [0.1, 0.15) is 31.7 Å². The topological polar surface area (TPSA) is 69.6 Å². The van der Waals surface area contributed by atoms with Crippen LogP contribution in [0.2, 0.25) is 0 Å². The van der Waals surface area contributed by atoms with Crippen molar-refractivity contribution in [3.05, 3.63) is 35.9 Å². The van der Waals surface area contributed by atoms with Gasteiger partial charge in [0.25, 0.3) is 0 Å². The van der Waals surface area contributed by atoms with Gasteiger partial charge in [0, 0.05) is 18.6 Å². The first-order valence-electron chi connectivity index (χ1n) is 7.39. The van der Waals surface area contributed by atoms with Gasteiger partial charge in [-0.3, -0.25) is 4.79 Å². The second-order valence-electron chi connectivity index (χ2n) is 5.63. The summed E-state index contributed by atoms with van der Waals surface area (Å²) in [5.41, 5.74) is 1.17. The fourth-order valence-electron chi connectivity index (χ4n) is 2.83. The second-order valence-corrected chi connectivity index (χ2v) is 5.63. The minimum Gasteiger partial charge on any atom is -0.481 e. The number of rotatable bonds is 5. The number of carboxylic acid groups (broad SMARTS) is 1. The molecule has 1 aliphatic rings. The van der Waals surface area contributed by atoms with E-state index < -0.39 is 5.97 Å². The van der Waals surface area contributed by atoms with Crippen LogP contribution in [0.3, 0.4) is 0 Å². The number of nitrogens with one attached hydrogen (secondary N) is 1. The maximum Gasteiger partial charge on any atom is 0.317 e. The number of likely N-dealkylation sites (tertiary alicyclic amines) is 1. The van der Waals surface area contributed by atoms with E-state index in [1.807, 2.05) is 37.3 Å². The van der Waals surface area contributed by atoms with Crippen LogP contribution in [0.4, 0.5) is 4.79 Å². The van der Waals surface area contributed by atoms with Crippen molar-refractivity contribution in [3.8, 4) is 0 Å². The SMILES string of the molecule is CC(Cc1ccccc1)NC(=O)N1CCCC1CC(=O)O. The molecule has 1 aromatic carbocycles. The summed E-state index contributed by atoms with van der Waals surface area (Å²) in [6.45, 7) is 2.61. The monoisotopic (exact) mass is 290 g/mol. The Kier molecular flexibility index (Phi) is 5.20. The van der Waals surface area contributed by atoms with E-state index in [-0.39, 0.29) is 24.5 Å². The number of aliphatic carboxylic acids is 1. The first-order chi connectivity index (χ1) is 10.1. The predicted octanol–water partition coefficient (Wildman–Crippen LogP) is 2.27. The molecule has 2 unspecified atom stereocenters. The number of carbonyl (C=O) groups excluding carboxylic acids is 1. The van der Waals surface area contributed by atoms with Gasteiger partial charge < -0.3 is 15.3 Å². The van der Waals surface area contributed by atoms with Gasteiger partial charge in [0.1, 0.15) is 0 Å². The Labute approximate surface area is 125 Å². The summed E-state index contributed by atoms with van der Waals surface area (Å²) >= 11 is 0. The van der Waals surface area contributed by atoms with Crippen LogP contribution in [0.15, 0.2) is 30.3 Å². The third-order valence-corrected chi connectivity index (χ3v) is 3.80. The van der Waals surface area contributed by atoms with Crippen LogP contribution in [-0.4, -0.2) is 40.6 Å². The van der Waals surface area contributed by atoms with Gasteiger partial charge in [-0.15, -0.1) is 0 Å². The molecule has 2 N–H and O–H groups in total. The summed E-state index contributed by atoms with van der Waals surface area (Å²) in [6, 6.07) is 9.69. The summed E-state index contributed by atoms with van der Waals surface area (Å²) in [5.74, 6) is -0.850. The van der Waals surface area contributed by atoms with Crippen LogP contribution in [-0.2, 0) is 11.2 Å². The molecular formula is C16H22N2O3. The van der Waals surface area contributed by atoms with Crippen molar-refractivity contribution in [2.45, 2.75) is 44.7 Å². The molecule has 0 bridgehead atoms. The third kappa shape index (κ3) is 4.48. The Morgan fingerprint density at radius 3 is 2.76 bits per heavy atom. The fourth-order valence-corrected chi connectivity index (χ4v) is 2.83. The van der Waals surface area contributed by atoms with Crippen LogP contribution in [0.5, 0.6) is 0 Å². The molecule has 2 rings (SSSR count). The van der Waals surface area contributed by atoms with Crippen molar-refractivity contribution in [2.24, 2.45) is 0 Å². The van der Waals surface area contributed by atoms with Gasteiger partial charge >= 0.3 is 12.0 Å². The number of nitrogens with zero attached hydrogens (tertiary/aromatic N) is 1. The molecule has 1 saturated heterocycles. The highest BCUT2D eigenvalue weighted by Crippen LogP contribution is 2.20. The van der Waals surface area contributed by atoms with Crippen molar-refractivity contribution in [2.75, 3.05) is 6.54 Å². The molecule has 1 fully saturated rings. The molecule has 2 amide bonds. The van der Waals surface area contributed by atoms with E-state index in [1.165, 1.54) is 5.56 Å². The lowest BCUT2D eigenvalue weighted by atomic mass is 10.1. The highest BCUT2D eigenvalue weighted by atomic mass is 16.4. The maximum atomic E-state index is 12.3. The lowest BCUT2D eigenvalue weighted by Gasteiger charge is -2.26. The highest BCUT2D eigenvalue weighted by Gasteiger charge is 2.30. The molecule has 0 aliphatic carbocycles. The van der Waals surface area contributed by atoms with Crippen molar-refractivity contribution < 1.29 is 14.7 Å². The lowest BCUT2D eigenvalue weighted by Crippen LogP contribution is -2.47. The van der Waals surface area contributed by atoms with Gasteiger partial charge in [-0.2, -0.15) is 0 Å². The van der Waals surface area contributed by atoms with Crippen LogP contribution < -0.4 is 5.32 Å². The molecule has 0 spiro atoms. The minimum atomic E-state index is -0.850. The van der Waals surface area contributed by atoms with Gasteiger partial charge in [0.05, 0.1) is 6.42 Å². The number of carboxylic acids is 1. The van der Waals surface area contributed by atoms with E-state index in [1.54, 1.807) is 4.90 Å². The van der Waals surface area contributed by atoms with Crippen molar-refractivity contribution in [1.29, 1.82) is 0 Å². The molecule has 21 heavy (non-hydrogen) atoms. The molecular weight excluding hydrogens is 268 g/mol. The number of benzene rings is 1. The Balaban J connectivity index is 1.87. The van der Waals surface area contributed by atoms with Gasteiger partial charge in [-0.05, 0) is 31.7 Å². The Bertz CT molecular complexity index is 490. The molecule has 1 aromatic rings. The second kappa shape index (κ2) is 7.11. The summed E-state index contributed by atoms with van der Waals surface area (Å²) in [4.78, 5) is 24.8. The van der Waals surface area contributed by atoms with E-state index in [0.717, 1.165) is 19.3 Å². The smallest absolute Gasteiger partial charge is 0.317 e. The Morgan fingerprint density at radius 1 is 1.38 bits per heavy atom. The fraction of sp³-hybridized carbons (Fsp3) is 0.500. The van der Waals surface area contributed by atoms with Crippen molar-refractivity contribution >= 4 is 12.0 Å². The van der Waals surface area contributed by atoms with E-state index in [4.69, 9.17) is 5.11 Å². The molecule has 114 valence electrons. The average molecular weight is 290 g/mol. The van der Waals surface area contributed by atoms with Crippen molar-refractivity contribution in [3.63, 3.8) is 0 Å². The number of carbonyl (C=O) groups is 2. The number of hydrogen-bond donors (Lipinski definition) is 2. The number of urea groups is 1. The Morgan fingerprint density at radius 2 is 2.10 bits per heavy atom. The van der Waals surface area contributed by atoms with E-state index in [0.29, 0.717) is 6.54 Å². The molecule has 5 heteroatoms. The molecule has 0 aromatic heterocycles. The number of hydrogen-bond acceptors (Lipinski definition) is 2. The summed E-state index contributed by atoms with van der Waals surface area (Å²) in [7, 11) is 0. The average Bonchev–Trinajstić information content (AvgIpc) is 2.87. The van der Waals surface area contributed by atoms with Gasteiger partial charge in [-0.25, -0.2) is 4.79 Å². The maximum absolute atomic E-state index is 12.3. The number of amides is 2. The zero-order valence-corrected chi connectivity index (χ0v) is 12.3. The van der Waals surface area contributed by atoms with E-state index in [9.17, 15) is 9.59 Å². The van der Waals surface area contributed by atoms with E-state index in [2.05, 4.69) is 5.32 Å². The minimum absolute atomic E-state index is 0.0194. The predicted molar refractivity (Wildman–Crippen MR) is 80.1 cm³/mol. The highest BCUT2D eigenvalue weighted by molar-refractivity contribution is 5.76. The Hall–Kier alpha value is -2.04. The first-order valence-corrected chi connectivity index (χ1v) is 7.39. The molecule has 5 nitrogen and oxygen atoms in total. The normalized spacial score (nSPS) is 19.3. The van der Waals surface area contributed by atoms with Crippen LogP contribution in [0.25, 0.3) is 0 Å². The van der Waals surface area contributed by atoms with E-state index >= 15 is 0 Å². The molecule has 0 saturated carbocycles. The molecule has 1 aliphatic heterocycles. The summed E-state index contributed by atoms with van der Waals surface area (Å²) in [6.07, 6.45) is 2.44. The van der Waals surface area contributed by atoms with Gasteiger partial charge in [-0.1, -0.05) is 30.3 Å². The largest absolute Gasteiger partial charge is 0.481 e. The summed E-state index contributed by atoms with van der Waals surface area (Å²) in [5, 5.41) is 11.9. The first kappa shape index (κ1) is 15.4. The zero-order chi connectivity index (χ0) is 15.2. The van der Waals surface area contributed by atoms with Crippen LogP contribution in [0, 0.1) is 0 Å².